The van der Waals surface area contributed by atoms with Crippen LogP contribution < -0.4 is 15.4 Å². The van der Waals surface area contributed by atoms with E-state index in [4.69, 9.17) is 14.5 Å². The first-order valence-corrected chi connectivity index (χ1v) is 15.4. The highest BCUT2D eigenvalue weighted by Gasteiger charge is 2.50. The van der Waals surface area contributed by atoms with Crippen LogP contribution in [0.5, 0.6) is 5.75 Å². The van der Waals surface area contributed by atoms with Crippen molar-refractivity contribution in [3.63, 3.8) is 0 Å². The monoisotopic (exact) mass is 590 g/mol. The summed E-state index contributed by atoms with van der Waals surface area (Å²) in [5.41, 5.74) is 1.03. The number of ketones is 1. The van der Waals surface area contributed by atoms with Gasteiger partial charge in [0.25, 0.3) is 5.91 Å². The van der Waals surface area contributed by atoms with Gasteiger partial charge in [-0.15, -0.1) is 0 Å². The molecule has 3 fully saturated rings. The molecule has 0 radical (unpaired) electrons. The van der Waals surface area contributed by atoms with Gasteiger partial charge in [-0.25, -0.2) is 4.57 Å². The highest BCUT2D eigenvalue weighted by atomic mass is 31.2. The molecule has 3 amide bonds. The van der Waals surface area contributed by atoms with E-state index in [1.54, 1.807) is 24.1 Å². The second-order valence-electron chi connectivity index (χ2n) is 11.0. The molecule has 0 spiro atoms. The first kappa shape index (κ1) is 29.2. The Bertz CT molecular complexity index is 1390. The minimum atomic E-state index is -4.94. The number of Topliss-reactive ketones (excluding diaryl/α,β-unsaturated/α-hetero) is 1. The van der Waals surface area contributed by atoms with E-state index in [-0.39, 0.29) is 30.1 Å². The third-order valence-corrected chi connectivity index (χ3v) is 8.96. The van der Waals surface area contributed by atoms with E-state index in [1.807, 2.05) is 12.1 Å². The van der Waals surface area contributed by atoms with Gasteiger partial charge in [0.15, 0.2) is 5.78 Å². The van der Waals surface area contributed by atoms with Crippen molar-refractivity contribution in [1.29, 1.82) is 0 Å². The van der Waals surface area contributed by atoms with Crippen LogP contribution in [-0.2, 0) is 23.5 Å². The number of aromatic nitrogens is 1. The van der Waals surface area contributed by atoms with Gasteiger partial charge in [-0.1, -0.05) is 12.5 Å². The summed E-state index contributed by atoms with van der Waals surface area (Å²) in [6.45, 7) is -0.0255. The van der Waals surface area contributed by atoms with Crippen LogP contribution in [0.1, 0.15) is 49.0 Å². The van der Waals surface area contributed by atoms with E-state index in [0.29, 0.717) is 37.4 Å². The van der Waals surface area contributed by atoms with Crippen LogP contribution in [0.15, 0.2) is 24.3 Å². The Hall–Kier alpha value is -3.25. The summed E-state index contributed by atoms with van der Waals surface area (Å²) in [5.74, 6) is -1.82. The average molecular weight is 591 g/mol. The van der Waals surface area contributed by atoms with Crippen LogP contribution in [0, 0.1) is 17.8 Å². The fourth-order valence-corrected chi connectivity index (χ4v) is 6.84. The molecule has 5 rings (SSSR count). The lowest BCUT2D eigenvalue weighted by atomic mass is 9.89. The molecule has 222 valence electrons. The summed E-state index contributed by atoms with van der Waals surface area (Å²) in [6.07, 6.45) is 3.71. The topological polar surface area (TPSA) is 187 Å². The lowest BCUT2D eigenvalue weighted by molar-refractivity contribution is -0.133. The second kappa shape index (κ2) is 11.9. The predicted molar refractivity (Wildman–Crippen MR) is 146 cm³/mol. The quantitative estimate of drug-likeness (QED) is 0.256. The van der Waals surface area contributed by atoms with E-state index < -0.39 is 44.1 Å². The number of ether oxygens (including phenoxy) is 1. The summed E-state index contributed by atoms with van der Waals surface area (Å²) >= 11 is 0. The number of methoxy groups -OCH3 is 1. The number of carbonyl (C=O) groups is 4. The molecule has 2 aromatic rings. The predicted octanol–water partition coefficient (Wildman–Crippen LogP) is 1.50. The fraction of sp³-hybridized carbons (Fsp3) is 0.556. The Kier molecular flexibility index (Phi) is 8.51. The van der Waals surface area contributed by atoms with E-state index in [9.17, 15) is 23.7 Å². The third-order valence-electron chi connectivity index (χ3n) is 8.49. The zero-order chi connectivity index (χ0) is 29.3. The summed E-state index contributed by atoms with van der Waals surface area (Å²) in [7, 11) is -3.39. The number of phosphoric ester groups is 1. The SMILES string of the molecule is COc1cccc2[nH]c(C(=O)N3CC4CCCC4C3C(=O)NC(CC3CCCNC3=O)C(=O)COP(=O)(O)O)cc12. The Morgan fingerprint density at radius 2 is 2.00 bits per heavy atom. The minimum absolute atomic E-state index is 0.0441. The number of fused-ring (bicyclic) bond motifs is 2. The lowest BCUT2D eigenvalue weighted by Crippen LogP contribution is -2.54. The van der Waals surface area contributed by atoms with E-state index >= 15 is 0 Å². The molecule has 14 heteroatoms. The van der Waals surface area contributed by atoms with Crippen molar-refractivity contribution in [2.75, 3.05) is 26.8 Å². The number of phosphoric acid groups is 1. The zero-order valence-electron chi connectivity index (χ0n) is 22.7. The molecule has 1 aliphatic carbocycles. The second-order valence-corrected chi connectivity index (χ2v) is 12.3. The van der Waals surface area contributed by atoms with Crippen molar-refractivity contribution in [1.82, 2.24) is 20.5 Å². The van der Waals surface area contributed by atoms with Crippen LogP contribution in [0.2, 0.25) is 0 Å². The molecule has 3 aliphatic rings. The number of rotatable bonds is 10. The highest BCUT2D eigenvalue weighted by Crippen LogP contribution is 2.43. The molecule has 13 nitrogen and oxygen atoms in total. The number of hydrogen-bond acceptors (Lipinski definition) is 7. The molecule has 3 heterocycles. The molecule has 5 atom stereocenters. The third kappa shape index (κ3) is 6.33. The van der Waals surface area contributed by atoms with Crippen molar-refractivity contribution in [2.45, 2.75) is 50.6 Å². The van der Waals surface area contributed by atoms with Crippen molar-refractivity contribution in [3.8, 4) is 5.75 Å². The van der Waals surface area contributed by atoms with Crippen molar-refractivity contribution >= 4 is 42.2 Å². The number of likely N-dealkylation sites (tertiary alicyclic amines) is 1. The largest absolute Gasteiger partial charge is 0.496 e. The lowest BCUT2D eigenvalue weighted by Gasteiger charge is -2.30. The van der Waals surface area contributed by atoms with Gasteiger partial charge in [0, 0.05) is 29.9 Å². The minimum Gasteiger partial charge on any atom is -0.496 e. The number of nitrogens with one attached hydrogen (secondary N) is 3. The molecule has 1 saturated carbocycles. The number of hydrogen-bond donors (Lipinski definition) is 5. The standard InChI is InChI=1S/C27H35N4O9P/c1-39-23-9-3-8-19-18(23)12-21(29-19)27(35)31-13-16-5-2-7-17(16)24(31)26(34)30-20(22(32)14-40-41(36,37)38)11-15-6-4-10-28-25(15)33/h3,8-9,12,15-17,20,24,29H,2,4-7,10-11,13-14H2,1H3,(H,28,33)(H,30,34)(H2,36,37,38). The number of benzene rings is 1. The Morgan fingerprint density at radius 1 is 1.20 bits per heavy atom. The van der Waals surface area contributed by atoms with Gasteiger partial charge in [-0.3, -0.25) is 23.7 Å². The Labute approximate surface area is 236 Å². The molecule has 1 aromatic heterocycles. The van der Waals surface area contributed by atoms with Gasteiger partial charge in [0.05, 0.1) is 13.2 Å². The number of carbonyl (C=O) groups excluding carboxylic acids is 4. The Morgan fingerprint density at radius 3 is 2.73 bits per heavy atom. The molecule has 0 bridgehead atoms. The van der Waals surface area contributed by atoms with E-state index in [1.165, 1.54) is 0 Å². The van der Waals surface area contributed by atoms with E-state index in [0.717, 1.165) is 30.2 Å². The normalized spacial score (nSPS) is 25.0. The van der Waals surface area contributed by atoms with Crippen LogP contribution in [0.3, 0.4) is 0 Å². The van der Waals surface area contributed by atoms with Crippen molar-refractivity contribution < 1.29 is 42.8 Å². The number of piperidine rings is 1. The fourth-order valence-electron chi connectivity index (χ4n) is 6.55. The maximum absolute atomic E-state index is 13.9. The highest BCUT2D eigenvalue weighted by molar-refractivity contribution is 7.46. The van der Waals surface area contributed by atoms with Crippen LogP contribution in [0.25, 0.3) is 10.9 Å². The molecule has 2 saturated heterocycles. The zero-order valence-corrected chi connectivity index (χ0v) is 23.6. The van der Waals surface area contributed by atoms with E-state index in [2.05, 4.69) is 20.1 Å². The van der Waals surface area contributed by atoms with Gasteiger partial charge < -0.3 is 35.0 Å². The number of amides is 3. The summed E-state index contributed by atoms with van der Waals surface area (Å²) < 4.78 is 21.1. The summed E-state index contributed by atoms with van der Waals surface area (Å²) in [5, 5.41) is 6.21. The van der Waals surface area contributed by atoms with Crippen LogP contribution in [-0.4, -0.2) is 82.1 Å². The smallest absolute Gasteiger partial charge is 0.470 e. The van der Waals surface area contributed by atoms with Crippen molar-refractivity contribution in [2.24, 2.45) is 17.8 Å². The number of aromatic amines is 1. The maximum atomic E-state index is 13.9. The molecule has 1 aromatic carbocycles. The van der Waals surface area contributed by atoms with Crippen LogP contribution in [0.4, 0.5) is 0 Å². The molecule has 5 N–H and O–H groups in total. The first-order chi connectivity index (χ1) is 19.6. The molecule has 2 aliphatic heterocycles. The number of nitrogens with zero attached hydrogens (tertiary/aromatic N) is 1. The average Bonchev–Trinajstić information content (AvgIpc) is 3.66. The summed E-state index contributed by atoms with van der Waals surface area (Å²) in [6, 6.07) is 5.06. The molecular formula is C27H35N4O9P. The van der Waals surface area contributed by atoms with Gasteiger partial charge in [-0.05, 0) is 62.1 Å². The van der Waals surface area contributed by atoms with Gasteiger partial charge in [0.2, 0.25) is 11.8 Å². The number of H-pyrrole nitrogens is 1. The molecular weight excluding hydrogens is 555 g/mol. The summed E-state index contributed by atoms with van der Waals surface area (Å²) in [4.78, 5) is 76.0. The van der Waals surface area contributed by atoms with Gasteiger partial charge >= 0.3 is 7.82 Å². The van der Waals surface area contributed by atoms with Gasteiger partial charge in [0.1, 0.15) is 24.1 Å². The first-order valence-electron chi connectivity index (χ1n) is 13.8. The maximum Gasteiger partial charge on any atom is 0.470 e. The van der Waals surface area contributed by atoms with Crippen molar-refractivity contribution in [3.05, 3.63) is 30.0 Å². The molecule has 41 heavy (non-hydrogen) atoms. The van der Waals surface area contributed by atoms with Crippen LogP contribution >= 0.6 is 7.82 Å². The van der Waals surface area contributed by atoms with Gasteiger partial charge in [-0.2, -0.15) is 0 Å². The Balaban J connectivity index is 1.39. The molecule has 5 unspecified atom stereocenters.